The Labute approximate surface area is 269 Å². The van der Waals surface area contributed by atoms with E-state index in [1.807, 2.05) is 18.2 Å². The number of ether oxygens (including phenoxy) is 1. The van der Waals surface area contributed by atoms with E-state index in [1.165, 1.54) is 32.1 Å². The second-order valence-electron chi connectivity index (χ2n) is 13.7. The number of hydrogen-bond donors (Lipinski definition) is 2. The van der Waals surface area contributed by atoms with Gasteiger partial charge in [-0.1, -0.05) is 18.6 Å². The third-order valence-corrected chi connectivity index (χ3v) is 12.0. The predicted molar refractivity (Wildman–Crippen MR) is 177 cm³/mol. The number of benzene rings is 2. The number of rotatable bonds is 5. The average Bonchev–Trinajstić information content (AvgIpc) is 3.77. The maximum Gasteiger partial charge on any atom is 0.319 e. The molecule has 4 aliphatic heterocycles. The van der Waals surface area contributed by atoms with Gasteiger partial charge in [-0.2, -0.15) is 9.97 Å². The van der Waals surface area contributed by atoms with Crippen molar-refractivity contribution in [2.24, 2.45) is 5.92 Å². The number of hydrogen-bond acceptors (Lipinski definition) is 8. The van der Waals surface area contributed by atoms with Crippen LogP contribution in [0.3, 0.4) is 0 Å². The van der Waals surface area contributed by atoms with E-state index >= 15 is 4.39 Å². The number of nitrogens with zero attached hydrogens (tertiary/aromatic N) is 5. The smallest absolute Gasteiger partial charge is 0.319 e. The van der Waals surface area contributed by atoms with Crippen LogP contribution in [0.5, 0.6) is 11.8 Å². The number of aromatic nitrogens is 3. The van der Waals surface area contributed by atoms with Gasteiger partial charge in [-0.3, -0.25) is 9.88 Å². The standard InChI is InChI=1S/C34H36FIN6O2/c35-29-30(24-13-23(43)12-19-4-1-6-26(36)28(19)24)37-15-25-31(29)39-33(40-32(25)41-16-21-8-9-22(17-41)38-21)44-18-34-10-3-11-42(34)27-7-2-5-20(27)14-34/h1,4,6,12-13,15,20-22,27,38,43H,2-3,5,7-11,14,16-18H2/t20-,21?,22?,27-,34-/m1/s1. The van der Waals surface area contributed by atoms with Gasteiger partial charge in [0.05, 0.1) is 10.9 Å². The summed E-state index contributed by atoms with van der Waals surface area (Å²) in [7, 11) is 0. The van der Waals surface area contributed by atoms with Crippen LogP contribution in [0.1, 0.15) is 51.4 Å². The Morgan fingerprint density at radius 2 is 1.95 bits per heavy atom. The monoisotopic (exact) mass is 706 g/mol. The van der Waals surface area contributed by atoms with E-state index in [1.54, 1.807) is 18.3 Å². The summed E-state index contributed by atoms with van der Waals surface area (Å²) in [6.07, 6.45) is 11.4. The van der Waals surface area contributed by atoms with Crippen molar-refractivity contribution in [3.63, 3.8) is 0 Å². The van der Waals surface area contributed by atoms with Gasteiger partial charge in [0.15, 0.2) is 5.82 Å². The fourth-order valence-corrected chi connectivity index (χ4v) is 10.1. The second-order valence-corrected chi connectivity index (χ2v) is 14.8. The number of nitrogens with one attached hydrogen (secondary N) is 1. The molecule has 4 aromatic rings. The summed E-state index contributed by atoms with van der Waals surface area (Å²) in [5.74, 6) is 1.01. The highest BCUT2D eigenvalue weighted by Crippen LogP contribution is 2.51. The van der Waals surface area contributed by atoms with Gasteiger partial charge in [0.25, 0.3) is 0 Å². The van der Waals surface area contributed by atoms with Gasteiger partial charge in [-0.15, -0.1) is 0 Å². The normalized spacial score (nSPS) is 29.5. The largest absolute Gasteiger partial charge is 0.508 e. The molecule has 1 aliphatic carbocycles. The quantitative estimate of drug-likeness (QED) is 0.244. The highest BCUT2D eigenvalue weighted by atomic mass is 127. The summed E-state index contributed by atoms with van der Waals surface area (Å²) < 4.78 is 24.3. The van der Waals surface area contributed by atoms with E-state index in [9.17, 15) is 5.11 Å². The zero-order valence-corrected chi connectivity index (χ0v) is 26.8. The lowest BCUT2D eigenvalue weighted by Gasteiger charge is -2.35. The Hall–Kier alpha value is -2.83. The molecule has 2 aromatic heterocycles. The van der Waals surface area contributed by atoms with Crippen LogP contribution in [0.4, 0.5) is 10.2 Å². The first-order chi connectivity index (χ1) is 21.5. The van der Waals surface area contributed by atoms with Crippen molar-refractivity contribution >= 4 is 50.1 Å². The van der Waals surface area contributed by atoms with Crippen molar-refractivity contribution in [2.75, 3.05) is 31.1 Å². The maximum absolute atomic E-state index is 16.8. The van der Waals surface area contributed by atoms with Crippen LogP contribution in [0.2, 0.25) is 0 Å². The number of fused-ring (bicyclic) bond motifs is 7. The molecule has 2 unspecified atom stereocenters. The lowest BCUT2D eigenvalue weighted by Crippen LogP contribution is -2.51. The van der Waals surface area contributed by atoms with E-state index in [-0.39, 0.29) is 28.5 Å². The van der Waals surface area contributed by atoms with E-state index in [0.29, 0.717) is 41.5 Å². The van der Waals surface area contributed by atoms with Crippen LogP contribution in [-0.4, -0.2) is 74.9 Å². The number of phenolic OH excluding ortho intramolecular Hbond substituents is 1. The summed E-state index contributed by atoms with van der Waals surface area (Å²) in [5.41, 5.74) is 0.960. The summed E-state index contributed by atoms with van der Waals surface area (Å²) in [6, 6.07) is 10.8. The van der Waals surface area contributed by atoms with Gasteiger partial charge >= 0.3 is 6.01 Å². The van der Waals surface area contributed by atoms with Crippen molar-refractivity contribution in [3.8, 4) is 23.0 Å². The molecule has 9 rings (SSSR count). The van der Waals surface area contributed by atoms with Crippen molar-refractivity contribution in [1.29, 1.82) is 0 Å². The molecule has 8 nitrogen and oxygen atoms in total. The maximum atomic E-state index is 16.8. The molecule has 6 heterocycles. The minimum Gasteiger partial charge on any atom is -0.508 e. The van der Waals surface area contributed by atoms with Crippen LogP contribution in [0.15, 0.2) is 36.5 Å². The molecular formula is C34H36FIN6O2. The van der Waals surface area contributed by atoms with Gasteiger partial charge in [-0.05, 0) is 104 Å². The Morgan fingerprint density at radius 1 is 1.09 bits per heavy atom. The van der Waals surface area contributed by atoms with Crippen LogP contribution in [0.25, 0.3) is 32.9 Å². The third-order valence-electron chi connectivity index (χ3n) is 11.1. The molecule has 2 N–H and O–H groups in total. The Balaban J connectivity index is 1.16. The molecule has 5 atom stereocenters. The number of phenols is 1. The molecule has 5 aliphatic rings. The van der Waals surface area contributed by atoms with E-state index in [4.69, 9.17) is 14.7 Å². The van der Waals surface area contributed by atoms with E-state index in [2.05, 4.69) is 42.7 Å². The van der Waals surface area contributed by atoms with Crippen molar-refractivity contribution in [3.05, 3.63) is 45.9 Å². The van der Waals surface area contributed by atoms with Crippen LogP contribution in [0, 0.1) is 15.3 Å². The molecule has 0 radical (unpaired) electrons. The molecule has 4 saturated heterocycles. The molecule has 2 aromatic carbocycles. The van der Waals surface area contributed by atoms with Gasteiger partial charge in [0, 0.05) is 51.9 Å². The zero-order chi connectivity index (χ0) is 29.6. The highest BCUT2D eigenvalue weighted by molar-refractivity contribution is 14.1. The number of halogens is 2. The number of aromatic hydroxyl groups is 1. The van der Waals surface area contributed by atoms with Crippen LogP contribution in [-0.2, 0) is 0 Å². The van der Waals surface area contributed by atoms with Gasteiger partial charge in [0.2, 0.25) is 0 Å². The van der Waals surface area contributed by atoms with Crippen molar-refractivity contribution < 1.29 is 14.2 Å². The van der Waals surface area contributed by atoms with Gasteiger partial charge < -0.3 is 20.1 Å². The SMILES string of the molecule is Oc1cc(-c2ncc3c(N4CC5CCC(C4)N5)nc(OC[C@]45CCCN4[C@@H]4CCC[C@@H]4C5)nc3c2F)c2c(I)cccc2c1. The lowest BCUT2D eigenvalue weighted by molar-refractivity contribution is 0.0832. The highest BCUT2D eigenvalue weighted by Gasteiger charge is 2.55. The number of pyridine rings is 1. The minimum atomic E-state index is -0.517. The molecule has 2 bridgehead atoms. The van der Waals surface area contributed by atoms with Crippen molar-refractivity contribution in [1.82, 2.24) is 25.2 Å². The fraction of sp³-hybridized carbons (Fsp3) is 0.500. The first-order valence-electron chi connectivity index (χ1n) is 16.1. The Morgan fingerprint density at radius 3 is 2.82 bits per heavy atom. The van der Waals surface area contributed by atoms with Crippen LogP contribution < -0.4 is 15.0 Å². The fourth-order valence-electron chi connectivity index (χ4n) is 9.30. The molecule has 228 valence electrons. The first kappa shape index (κ1) is 27.5. The average molecular weight is 707 g/mol. The van der Waals surface area contributed by atoms with Crippen LogP contribution >= 0.6 is 22.6 Å². The molecule has 44 heavy (non-hydrogen) atoms. The first-order valence-corrected chi connectivity index (χ1v) is 17.2. The summed E-state index contributed by atoms with van der Waals surface area (Å²) in [5, 5.41) is 16.5. The summed E-state index contributed by atoms with van der Waals surface area (Å²) in [6.45, 7) is 3.29. The van der Waals surface area contributed by atoms with Crippen molar-refractivity contribution in [2.45, 2.75) is 75.0 Å². The number of anilines is 1. The van der Waals surface area contributed by atoms with Gasteiger partial charge in [-0.25, -0.2) is 4.39 Å². The lowest BCUT2D eigenvalue weighted by atomic mass is 9.90. The summed E-state index contributed by atoms with van der Waals surface area (Å²) >= 11 is 2.26. The third kappa shape index (κ3) is 4.30. The molecule has 10 heteroatoms. The Kier molecular flexibility index (Phi) is 6.46. The molecule has 0 amide bonds. The number of piperazine rings is 1. The summed E-state index contributed by atoms with van der Waals surface area (Å²) in [4.78, 5) is 19.4. The second kappa shape index (κ2) is 10.3. The minimum absolute atomic E-state index is 0.0293. The van der Waals surface area contributed by atoms with Gasteiger partial charge in [0.1, 0.15) is 29.4 Å². The zero-order valence-electron chi connectivity index (χ0n) is 24.6. The topological polar surface area (TPSA) is 86.6 Å². The Bertz CT molecular complexity index is 1790. The molecule has 0 spiro atoms. The predicted octanol–water partition coefficient (Wildman–Crippen LogP) is 6.02. The van der Waals surface area contributed by atoms with E-state index in [0.717, 1.165) is 59.2 Å². The molecule has 5 fully saturated rings. The molecule has 1 saturated carbocycles. The van der Waals surface area contributed by atoms with E-state index < -0.39 is 5.82 Å². The molecular weight excluding hydrogens is 670 g/mol.